The molecule has 0 spiro atoms. The summed E-state index contributed by atoms with van der Waals surface area (Å²) >= 11 is 5.89. The van der Waals surface area contributed by atoms with Crippen molar-refractivity contribution < 1.29 is 0 Å². The maximum absolute atomic E-state index is 5.89. The van der Waals surface area contributed by atoms with Crippen LogP contribution in [0.2, 0.25) is 5.02 Å². The van der Waals surface area contributed by atoms with Crippen molar-refractivity contribution in [1.29, 1.82) is 0 Å². The van der Waals surface area contributed by atoms with Crippen LogP contribution in [0.25, 0.3) is 22.4 Å². The SMILES string of the molecule is Clc1ccc(-c2ccccc2-c2ccccc2)nc1. The normalized spacial score (nSPS) is 10.4. The Morgan fingerprint density at radius 1 is 0.684 bits per heavy atom. The first-order valence-electron chi connectivity index (χ1n) is 6.11. The van der Waals surface area contributed by atoms with E-state index in [-0.39, 0.29) is 0 Å². The molecule has 0 unspecified atom stereocenters. The number of aromatic nitrogens is 1. The molecule has 0 aliphatic carbocycles. The van der Waals surface area contributed by atoms with E-state index in [0.29, 0.717) is 5.02 Å². The second-order valence-corrected chi connectivity index (χ2v) is 4.71. The molecule has 1 heterocycles. The number of rotatable bonds is 2. The molecule has 3 rings (SSSR count). The van der Waals surface area contributed by atoms with Crippen LogP contribution in [0.15, 0.2) is 72.9 Å². The predicted molar refractivity (Wildman–Crippen MR) is 80.1 cm³/mol. The van der Waals surface area contributed by atoms with Gasteiger partial charge in [-0.05, 0) is 23.3 Å². The minimum atomic E-state index is 0.654. The van der Waals surface area contributed by atoms with Crippen LogP contribution in [0.5, 0.6) is 0 Å². The number of hydrogen-bond donors (Lipinski definition) is 0. The van der Waals surface area contributed by atoms with E-state index in [1.807, 2.05) is 42.5 Å². The molecule has 0 N–H and O–H groups in total. The fourth-order valence-corrected chi connectivity index (χ4v) is 2.22. The second kappa shape index (κ2) is 5.25. The highest BCUT2D eigenvalue weighted by Gasteiger charge is 2.07. The van der Waals surface area contributed by atoms with E-state index in [1.165, 1.54) is 11.1 Å². The second-order valence-electron chi connectivity index (χ2n) is 4.27. The minimum Gasteiger partial charge on any atom is -0.255 e. The van der Waals surface area contributed by atoms with Gasteiger partial charge in [-0.15, -0.1) is 0 Å². The van der Waals surface area contributed by atoms with Crippen LogP contribution in [-0.4, -0.2) is 4.98 Å². The van der Waals surface area contributed by atoms with Crippen LogP contribution in [0.1, 0.15) is 0 Å². The lowest BCUT2D eigenvalue weighted by Gasteiger charge is -2.09. The Bertz CT molecular complexity index is 675. The zero-order valence-electron chi connectivity index (χ0n) is 10.3. The first kappa shape index (κ1) is 11.9. The van der Waals surface area contributed by atoms with Gasteiger partial charge >= 0.3 is 0 Å². The Hall–Kier alpha value is -2.12. The van der Waals surface area contributed by atoms with E-state index >= 15 is 0 Å². The molecule has 3 aromatic rings. The van der Waals surface area contributed by atoms with Crippen molar-refractivity contribution in [2.24, 2.45) is 0 Å². The minimum absolute atomic E-state index is 0.654. The predicted octanol–water partition coefficient (Wildman–Crippen LogP) is 5.07. The van der Waals surface area contributed by atoms with Gasteiger partial charge in [-0.25, -0.2) is 0 Å². The van der Waals surface area contributed by atoms with Crippen molar-refractivity contribution in [3.05, 3.63) is 77.9 Å². The Kier molecular flexibility index (Phi) is 3.30. The quantitative estimate of drug-likeness (QED) is 0.630. The first-order valence-corrected chi connectivity index (χ1v) is 6.49. The summed E-state index contributed by atoms with van der Waals surface area (Å²) in [4.78, 5) is 4.40. The van der Waals surface area contributed by atoms with Crippen LogP contribution < -0.4 is 0 Å². The molecular weight excluding hydrogens is 254 g/mol. The van der Waals surface area contributed by atoms with Crippen molar-refractivity contribution in [1.82, 2.24) is 4.98 Å². The summed E-state index contributed by atoms with van der Waals surface area (Å²) in [6.07, 6.45) is 1.68. The van der Waals surface area contributed by atoms with E-state index in [9.17, 15) is 0 Å². The van der Waals surface area contributed by atoms with Crippen molar-refractivity contribution in [2.45, 2.75) is 0 Å². The summed E-state index contributed by atoms with van der Waals surface area (Å²) in [6.45, 7) is 0. The molecule has 0 aliphatic rings. The number of nitrogens with zero attached hydrogens (tertiary/aromatic N) is 1. The average molecular weight is 266 g/mol. The van der Waals surface area contributed by atoms with Gasteiger partial charge in [0.15, 0.2) is 0 Å². The van der Waals surface area contributed by atoms with Gasteiger partial charge in [-0.2, -0.15) is 0 Å². The molecule has 0 fully saturated rings. The molecule has 1 nitrogen and oxygen atoms in total. The van der Waals surface area contributed by atoms with Crippen molar-refractivity contribution in [2.75, 3.05) is 0 Å². The molecule has 1 aromatic heterocycles. The third kappa shape index (κ3) is 2.51. The molecule has 0 aliphatic heterocycles. The monoisotopic (exact) mass is 265 g/mol. The molecule has 2 heteroatoms. The van der Waals surface area contributed by atoms with E-state index in [4.69, 9.17) is 11.6 Å². The van der Waals surface area contributed by atoms with Crippen LogP contribution in [0.3, 0.4) is 0 Å². The van der Waals surface area contributed by atoms with E-state index in [0.717, 1.165) is 11.3 Å². The van der Waals surface area contributed by atoms with E-state index in [2.05, 4.69) is 29.2 Å². The fourth-order valence-electron chi connectivity index (χ4n) is 2.11. The molecule has 0 bridgehead atoms. The smallest absolute Gasteiger partial charge is 0.0709 e. The number of halogens is 1. The lowest BCUT2D eigenvalue weighted by atomic mass is 9.97. The maximum atomic E-state index is 5.89. The first-order chi connectivity index (χ1) is 9.34. The largest absolute Gasteiger partial charge is 0.255 e. The summed E-state index contributed by atoms with van der Waals surface area (Å²) in [7, 11) is 0. The Morgan fingerprint density at radius 3 is 2.05 bits per heavy atom. The number of pyridine rings is 1. The third-order valence-electron chi connectivity index (χ3n) is 3.02. The van der Waals surface area contributed by atoms with Gasteiger partial charge in [0.2, 0.25) is 0 Å². The molecular formula is C17H12ClN. The van der Waals surface area contributed by atoms with Gasteiger partial charge in [0.05, 0.1) is 10.7 Å². The molecule has 0 atom stereocenters. The van der Waals surface area contributed by atoms with Gasteiger partial charge in [0, 0.05) is 11.8 Å². The average Bonchev–Trinajstić information content (AvgIpc) is 2.49. The highest BCUT2D eigenvalue weighted by atomic mass is 35.5. The summed E-state index contributed by atoms with van der Waals surface area (Å²) in [6, 6.07) is 22.4. The van der Waals surface area contributed by atoms with Gasteiger partial charge in [-0.1, -0.05) is 66.2 Å². The lowest BCUT2D eigenvalue weighted by Crippen LogP contribution is -1.87. The highest BCUT2D eigenvalue weighted by Crippen LogP contribution is 2.30. The van der Waals surface area contributed by atoms with E-state index in [1.54, 1.807) is 6.20 Å². The Labute approximate surface area is 117 Å². The zero-order chi connectivity index (χ0) is 13.1. The number of benzene rings is 2. The van der Waals surface area contributed by atoms with E-state index < -0.39 is 0 Å². The van der Waals surface area contributed by atoms with Crippen molar-refractivity contribution in [3.8, 4) is 22.4 Å². The third-order valence-corrected chi connectivity index (χ3v) is 3.24. The summed E-state index contributed by atoms with van der Waals surface area (Å²) in [5, 5.41) is 0.654. The summed E-state index contributed by atoms with van der Waals surface area (Å²) < 4.78 is 0. The lowest BCUT2D eigenvalue weighted by molar-refractivity contribution is 1.33. The molecule has 92 valence electrons. The molecule has 19 heavy (non-hydrogen) atoms. The fraction of sp³-hybridized carbons (Fsp3) is 0. The Morgan fingerprint density at radius 2 is 1.37 bits per heavy atom. The molecule has 0 saturated heterocycles. The highest BCUT2D eigenvalue weighted by molar-refractivity contribution is 6.30. The van der Waals surface area contributed by atoms with Crippen LogP contribution in [0.4, 0.5) is 0 Å². The van der Waals surface area contributed by atoms with Gasteiger partial charge in [-0.3, -0.25) is 4.98 Å². The zero-order valence-corrected chi connectivity index (χ0v) is 11.0. The molecule has 2 aromatic carbocycles. The van der Waals surface area contributed by atoms with Crippen molar-refractivity contribution >= 4 is 11.6 Å². The number of hydrogen-bond acceptors (Lipinski definition) is 1. The molecule has 0 amide bonds. The maximum Gasteiger partial charge on any atom is 0.0709 e. The standard InChI is InChI=1S/C17H12ClN/c18-14-10-11-17(19-12-14)16-9-5-4-8-15(16)13-6-2-1-3-7-13/h1-12H. The van der Waals surface area contributed by atoms with Gasteiger partial charge in [0.25, 0.3) is 0 Å². The van der Waals surface area contributed by atoms with Crippen LogP contribution in [0, 0.1) is 0 Å². The molecule has 0 radical (unpaired) electrons. The summed E-state index contributed by atoms with van der Waals surface area (Å²) in [5.74, 6) is 0. The van der Waals surface area contributed by atoms with Crippen LogP contribution >= 0.6 is 11.6 Å². The van der Waals surface area contributed by atoms with Crippen molar-refractivity contribution in [3.63, 3.8) is 0 Å². The Balaban J connectivity index is 2.15. The molecule has 0 saturated carbocycles. The summed E-state index contributed by atoms with van der Waals surface area (Å²) in [5.41, 5.74) is 4.42. The van der Waals surface area contributed by atoms with Gasteiger partial charge < -0.3 is 0 Å². The van der Waals surface area contributed by atoms with Gasteiger partial charge in [0.1, 0.15) is 0 Å². The van der Waals surface area contributed by atoms with Crippen LogP contribution in [-0.2, 0) is 0 Å². The topological polar surface area (TPSA) is 12.9 Å².